The monoisotopic (exact) mass is 1130 g/mol. The molecule has 4 fully saturated rings. The van der Waals surface area contributed by atoms with E-state index >= 15 is 9.59 Å². The van der Waals surface area contributed by atoms with Crippen molar-refractivity contribution in [2.24, 2.45) is 16.7 Å². The predicted molar refractivity (Wildman–Crippen MR) is 299 cm³/mol. The van der Waals surface area contributed by atoms with Crippen LogP contribution >= 0.6 is 0 Å². The number of unbranched alkanes of at least 4 members (excludes halogenated alkanes) is 11. The largest absolute Gasteiger partial charge is 0.509 e. The number of aliphatic hydroxyl groups excluding tert-OH is 3. The van der Waals surface area contributed by atoms with Crippen molar-refractivity contribution in [2.75, 3.05) is 26.4 Å². The summed E-state index contributed by atoms with van der Waals surface area (Å²) in [6.45, 7) is 10.0. The molecule has 2 aliphatic heterocycles. The summed E-state index contributed by atoms with van der Waals surface area (Å²) >= 11 is 0. The van der Waals surface area contributed by atoms with Gasteiger partial charge in [-0.1, -0.05) is 133 Å². The van der Waals surface area contributed by atoms with Gasteiger partial charge in [0.2, 0.25) is 6.10 Å². The van der Waals surface area contributed by atoms with Crippen LogP contribution < -0.4 is 5.32 Å². The van der Waals surface area contributed by atoms with Gasteiger partial charge in [0, 0.05) is 44.8 Å². The Bertz CT molecular complexity index is 2450. The number of fused-ring (bicyclic) bond motifs is 3. The molecule has 2 saturated heterocycles. The molecule has 0 aromatic heterocycles. The number of carbonyl (C=O) groups excluding carboxylic acids is 6. The normalized spacial score (nSPS) is 27.7. The molecule has 81 heavy (non-hydrogen) atoms. The first-order chi connectivity index (χ1) is 38.8. The zero-order valence-corrected chi connectivity index (χ0v) is 48.6. The number of allylic oxidation sites excluding steroid dienone is 2. The van der Waals surface area contributed by atoms with Gasteiger partial charge in [-0.3, -0.25) is 19.2 Å². The van der Waals surface area contributed by atoms with Crippen LogP contribution in [0, 0.1) is 16.7 Å². The smallest absolute Gasteiger partial charge is 0.455 e. The molecule has 0 bridgehead atoms. The average molecular weight is 1130 g/mol. The van der Waals surface area contributed by atoms with E-state index in [0.29, 0.717) is 12.0 Å². The molecule has 4 N–H and O–H groups in total. The van der Waals surface area contributed by atoms with Crippen molar-refractivity contribution >= 4 is 35.8 Å². The highest BCUT2D eigenvalue weighted by Gasteiger charge is 2.73. The van der Waals surface area contributed by atoms with Crippen molar-refractivity contribution in [3.05, 3.63) is 95.1 Å². The Balaban J connectivity index is 1.20. The van der Waals surface area contributed by atoms with Gasteiger partial charge in [0.1, 0.15) is 31.0 Å². The molecule has 4 aliphatic rings. The molecule has 0 radical (unpaired) electrons. The van der Waals surface area contributed by atoms with Crippen LogP contribution in [-0.4, -0.2) is 132 Å². The zero-order valence-electron chi connectivity index (χ0n) is 48.6. The first kappa shape index (κ1) is 64.7. The second-order valence-electron chi connectivity index (χ2n) is 23.1. The quantitative estimate of drug-likeness (QED) is 0.0256. The standard InChI is InChI=1S/C63H89NO17/c1-8-9-10-11-12-13-14-15-16-17-18-19-20-21-28-33-51-74-38-46(78-51)39-75-60(73)80-55(53(44-29-24-22-25-30-44)64-58(71)45-31-26-23-27-32-45)59(72)79-48(34-35-65)41(2)52-54(77-42(3)66)57(70)62(7)49(69)36-50-63(40-76-50,81-43(4)67)56(62)47(68)37-61(52,5)6/h15-16,22-27,29-32,46-51,53-56,65,68-69H,8-14,17-21,28,33-40H2,1-7H3,(H,64,71)/b16-15-,52-41-/t46-,47+,48-,49-,50+,51-,53-,54+,55+,56?,62+,63-/m0/s1. The van der Waals surface area contributed by atoms with Gasteiger partial charge >= 0.3 is 24.1 Å². The number of hydrogen-bond donors (Lipinski definition) is 4. The van der Waals surface area contributed by atoms with Crippen LogP contribution in [0.2, 0.25) is 0 Å². The molecular formula is C63H89NO17. The first-order valence-electron chi connectivity index (χ1n) is 29.3. The fourth-order valence-electron chi connectivity index (χ4n) is 12.4. The molecule has 2 saturated carbocycles. The lowest BCUT2D eigenvalue weighted by Gasteiger charge is -2.64. The third kappa shape index (κ3) is 16.8. The number of rotatable bonds is 29. The highest BCUT2D eigenvalue weighted by Crippen LogP contribution is 2.59. The molecule has 18 nitrogen and oxygen atoms in total. The summed E-state index contributed by atoms with van der Waals surface area (Å²) in [4.78, 5) is 84.1. The molecule has 18 heteroatoms. The summed E-state index contributed by atoms with van der Waals surface area (Å²) in [5.74, 6) is -5.40. The van der Waals surface area contributed by atoms with E-state index in [0.717, 1.165) is 51.9 Å². The molecule has 2 aliphatic carbocycles. The van der Waals surface area contributed by atoms with E-state index in [1.807, 2.05) is 0 Å². The molecular weight excluding hydrogens is 1040 g/mol. The van der Waals surface area contributed by atoms with Gasteiger partial charge in [-0.2, -0.15) is 0 Å². The number of carbonyl (C=O) groups is 6. The third-order valence-corrected chi connectivity index (χ3v) is 16.5. The minimum Gasteiger partial charge on any atom is -0.455 e. The van der Waals surface area contributed by atoms with E-state index in [1.165, 1.54) is 59.3 Å². The summed E-state index contributed by atoms with van der Waals surface area (Å²) in [5, 5.41) is 37.7. The van der Waals surface area contributed by atoms with Crippen LogP contribution in [0.3, 0.4) is 0 Å². The van der Waals surface area contributed by atoms with Gasteiger partial charge in [0.15, 0.2) is 23.8 Å². The number of amides is 1. The average Bonchev–Trinajstić information content (AvgIpc) is 1.33. The number of benzene rings is 2. The Morgan fingerprint density at radius 3 is 2.04 bits per heavy atom. The van der Waals surface area contributed by atoms with Crippen LogP contribution in [0.1, 0.15) is 180 Å². The molecule has 6 rings (SSSR count). The van der Waals surface area contributed by atoms with Gasteiger partial charge in [-0.15, -0.1) is 0 Å². The highest BCUT2D eigenvalue weighted by molar-refractivity contribution is 5.96. The van der Waals surface area contributed by atoms with E-state index in [-0.39, 0.29) is 55.8 Å². The maximum absolute atomic E-state index is 15.4. The van der Waals surface area contributed by atoms with Gasteiger partial charge < -0.3 is 58.5 Å². The number of ketones is 1. The van der Waals surface area contributed by atoms with Gasteiger partial charge in [0.05, 0.1) is 30.8 Å². The summed E-state index contributed by atoms with van der Waals surface area (Å²) in [7, 11) is 0. The van der Waals surface area contributed by atoms with Crippen molar-refractivity contribution in [1.29, 1.82) is 0 Å². The molecule has 1 amide bonds. The molecule has 2 aromatic rings. The van der Waals surface area contributed by atoms with Crippen molar-refractivity contribution < 1.29 is 82.0 Å². The minimum atomic E-state index is -1.95. The van der Waals surface area contributed by atoms with Crippen molar-refractivity contribution in [3.63, 3.8) is 0 Å². The zero-order chi connectivity index (χ0) is 58.7. The summed E-state index contributed by atoms with van der Waals surface area (Å²) in [6.07, 6.45) is 8.82. The van der Waals surface area contributed by atoms with Crippen molar-refractivity contribution in [3.8, 4) is 0 Å². The van der Waals surface area contributed by atoms with E-state index < -0.39 is 120 Å². The fraction of sp³-hybridized carbons (Fsp3) is 0.651. The predicted octanol–water partition coefficient (Wildman–Crippen LogP) is 9.45. The Labute approximate surface area is 478 Å². The maximum Gasteiger partial charge on any atom is 0.509 e. The number of Topliss-reactive ketones (excluding diaryl/α,β-unsaturated/α-hetero) is 1. The van der Waals surface area contributed by atoms with Crippen LogP contribution in [0.4, 0.5) is 4.79 Å². The van der Waals surface area contributed by atoms with Crippen LogP contribution in [0.15, 0.2) is 84.0 Å². The van der Waals surface area contributed by atoms with Gasteiger partial charge in [-0.25, -0.2) is 9.59 Å². The Morgan fingerprint density at radius 1 is 0.802 bits per heavy atom. The summed E-state index contributed by atoms with van der Waals surface area (Å²) in [5.41, 5.74) is -3.87. The molecule has 448 valence electrons. The van der Waals surface area contributed by atoms with Gasteiger partial charge in [0.25, 0.3) is 5.91 Å². The lowest BCUT2D eigenvalue weighted by atomic mass is 9.49. The fourth-order valence-corrected chi connectivity index (χ4v) is 12.4. The molecule has 12 atom stereocenters. The van der Waals surface area contributed by atoms with Crippen molar-refractivity contribution in [2.45, 2.75) is 218 Å². The molecule has 2 aromatic carbocycles. The maximum atomic E-state index is 15.4. The number of ether oxygens (including phenoxy) is 8. The van der Waals surface area contributed by atoms with Crippen LogP contribution in [0.25, 0.3) is 0 Å². The third-order valence-electron chi connectivity index (χ3n) is 16.5. The van der Waals surface area contributed by atoms with Crippen LogP contribution in [-0.2, 0) is 57.1 Å². The molecule has 2 heterocycles. The van der Waals surface area contributed by atoms with E-state index in [2.05, 4.69) is 24.4 Å². The lowest BCUT2D eigenvalue weighted by Crippen LogP contribution is -2.78. The number of aliphatic hydroxyl groups is 3. The molecule has 0 spiro atoms. The summed E-state index contributed by atoms with van der Waals surface area (Å²) < 4.78 is 47.3. The second-order valence-corrected chi connectivity index (χ2v) is 23.1. The van der Waals surface area contributed by atoms with E-state index in [1.54, 1.807) is 74.5 Å². The first-order valence-corrected chi connectivity index (χ1v) is 29.3. The lowest BCUT2D eigenvalue weighted by molar-refractivity contribution is -0.331. The number of esters is 3. The Morgan fingerprint density at radius 2 is 1.43 bits per heavy atom. The van der Waals surface area contributed by atoms with E-state index in [9.17, 15) is 34.5 Å². The highest BCUT2D eigenvalue weighted by atomic mass is 16.8. The number of nitrogens with one attached hydrogen (secondary N) is 1. The Hall–Kier alpha value is -5.50. The molecule has 1 unspecified atom stereocenters. The number of hydrogen-bond acceptors (Lipinski definition) is 17. The Kier molecular flexibility index (Phi) is 24.5. The topological polar surface area (TPSA) is 249 Å². The minimum absolute atomic E-state index is 0.108. The van der Waals surface area contributed by atoms with Crippen molar-refractivity contribution in [1.82, 2.24) is 5.32 Å². The van der Waals surface area contributed by atoms with E-state index in [4.69, 9.17) is 37.9 Å². The second kappa shape index (κ2) is 30.7. The van der Waals surface area contributed by atoms with Gasteiger partial charge in [-0.05, 0) is 93.1 Å². The SMILES string of the molecule is CCCCCCCC/C=C\CCCCCCC[C@H]1OC[C@@H](COC(=O)O[C@@H](C(=O)O[C@@H](CCO)/C(C)=C2/[C@@H](OC(C)=O)C(=O)[C@@]3(C)C([C@H](O)CC2(C)C)[C@]2(OC(C)=O)CO[C@@H]2C[C@@H]3O)[C@@H](NC(=O)c2ccccc2)c2ccccc2)O1. The summed E-state index contributed by atoms with van der Waals surface area (Å²) in [6, 6.07) is 15.1. The van der Waals surface area contributed by atoms with Crippen LogP contribution in [0.5, 0.6) is 0 Å².